The van der Waals surface area contributed by atoms with Crippen LogP contribution < -0.4 is 19.1 Å². The molecule has 2 aromatic carbocycles. The molecule has 8 rings (SSSR count). The molecule has 2 saturated heterocycles. The van der Waals surface area contributed by atoms with Crippen molar-refractivity contribution in [1.82, 2.24) is 19.9 Å². The van der Waals surface area contributed by atoms with Gasteiger partial charge in [0.05, 0.1) is 19.3 Å². The molecule has 2 aliphatic carbocycles. The first-order chi connectivity index (χ1) is 28.4. The zero-order valence-electron chi connectivity index (χ0n) is 36.2. The highest BCUT2D eigenvalue weighted by Gasteiger charge is 2.46. The van der Waals surface area contributed by atoms with Gasteiger partial charge in [-0.05, 0) is 110 Å². The second kappa shape index (κ2) is 16.8. The second-order valence-corrected chi connectivity index (χ2v) is 24.3. The maximum atomic E-state index is 17.9. The third-order valence-corrected chi connectivity index (χ3v) is 20.2. The smallest absolute Gasteiger partial charge is 0.319 e. The van der Waals surface area contributed by atoms with Crippen LogP contribution in [0.3, 0.4) is 0 Å². The molecule has 2 bridgehead atoms. The third kappa shape index (κ3) is 7.99. The van der Waals surface area contributed by atoms with Crippen molar-refractivity contribution in [2.24, 2.45) is 17.3 Å². The van der Waals surface area contributed by atoms with Gasteiger partial charge in [-0.1, -0.05) is 53.5 Å². The number of halogens is 2. The number of nitrogens with zero attached hydrogens (tertiary/aromatic N) is 5. The largest absolute Gasteiger partial charge is 0.480 e. The monoisotopic (exact) mass is 825 g/mol. The first-order valence-electron chi connectivity index (χ1n) is 21.8. The molecule has 2 aliphatic heterocycles. The predicted octanol–water partition coefficient (Wildman–Crippen LogP) is 10.2. The first kappa shape index (κ1) is 41.7. The van der Waals surface area contributed by atoms with Gasteiger partial charge in [0.15, 0.2) is 12.6 Å². The van der Waals surface area contributed by atoms with Crippen LogP contribution in [0.1, 0.15) is 92.1 Å². The lowest BCUT2D eigenvalue weighted by Crippen LogP contribution is -2.43. The fourth-order valence-electron chi connectivity index (χ4n) is 10.8. The predicted molar refractivity (Wildman–Crippen MR) is 233 cm³/mol. The average molecular weight is 826 g/mol. The van der Waals surface area contributed by atoms with Gasteiger partial charge < -0.3 is 28.7 Å². The number of rotatable bonds is 14. The van der Waals surface area contributed by atoms with Crippen LogP contribution in [0.15, 0.2) is 24.3 Å². The molecule has 316 valence electrons. The summed E-state index contributed by atoms with van der Waals surface area (Å²) in [5, 5.41) is 1.49. The maximum absolute atomic E-state index is 17.9. The Morgan fingerprint density at radius 1 is 0.881 bits per heavy atom. The summed E-state index contributed by atoms with van der Waals surface area (Å²) in [6, 6.07) is 6.75. The summed E-state index contributed by atoms with van der Waals surface area (Å²) in [6.07, 6.45) is 8.18. The number of likely N-dealkylation sites (tertiary alicyclic amines) is 1. The number of ether oxygens (including phenoxy) is 4. The summed E-state index contributed by atoms with van der Waals surface area (Å²) >= 11 is 0. The summed E-state index contributed by atoms with van der Waals surface area (Å²) in [5.74, 6) is 4.49. The fourth-order valence-corrected chi connectivity index (χ4v) is 16.0. The van der Waals surface area contributed by atoms with E-state index < -0.39 is 19.7 Å². The second-order valence-electron chi connectivity index (χ2n) is 18.7. The zero-order valence-corrected chi connectivity index (χ0v) is 37.2. The zero-order chi connectivity index (χ0) is 41.6. The van der Waals surface area contributed by atoms with Crippen molar-refractivity contribution >= 4 is 35.6 Å². The highest BCUT2D eigenvalue weighted by Crippen LogP contribution is 2.48. The summed E-state index contributed by atoms with van der Waals surface area (Å²) in [7, 11) is 0.787. The van der Waals surface area contributed by atoms with Crippen LogP contribution in [0.2, 0.25) is 16.6 Å². The van der Waals surface area contributed by atoms with Gasteiger partial charge >= 0.3 is 6.01 Å². The van der Waals surface area contributed by atoms with E-state index in [4.69, 9.17) is 33.9 Å². The van der Waals surface area contributed by atoms with Crippen molar-refractivity contribution in [2.75, 3.05) is 65.2 Å². The molecule has 0 N–H and O–H groups in total. The van der Waals surface area contributed by atoms with Crippen LogP contribution in [0.25, 0.3) is 32.9 Å². The molecular weight excluding hydrogens is 765 g/mol. The van der Waals surface area contributed by atoms with Crippen LogP contribution >= 0.6 is 0 Å². The first-order valence-corrected chi connectivity index (χ1v) is 24.1. The lowest BCUT2D eigenvalue weighted by atomic mass is 9.95. The molecule has 4 aliphatic rings. The van der Waals surface area contributed by atoms with E-state index >= 15 is 8.78 Å². The fraction of sp³-hybridized carbons (Fsp3) is 0.596. The molecular formula is C47H61F2N5O4Si. The highest BCUT2D eigenvalue weighted by molar-refractivity contribution is 6.90. The van der Waals surface area contributed by atoms with E-state index in [0.717, 1.165) is 45.6 Å². The number of hydrogen-bond donors (Lipinski definition) is 0. The molecule has 4 aromatic rings. The van der Waals surface area contributed by atoms with Gasteiger partial charge in [0.25, 0.3) is 0 Å². The molecule has 2 saturated carbocycles. The van der Waals surface area contributed by atoms with Crippen LogP contribution in [0, 0.1) is 40.3 Å². The van der Waals surface area contributed by atoms with Crippen molar-refractivity contribution in [2.45, 2.75) is 103 Å². The van der Waals surface area contributed by atoms with E-state index in [-0.39, 0.29) is 40.9 Å². The average Bonchev–Trinajstić information content (AvgIpc) is 3.61. The molecule has 59 heavy (non-hydrogen) atoms. The van der Waals surface area contributed by atoms with E-state index in [2.05, 4.69) is 62.8 Å². The molecule has 2 atom stereocenters. The molecule has 4 heterocycles. The number of methoxy groups -OCH3 is 2. The van der Waals surface area contributed by atoms with Gasteiger partial charge in [-0.15, -0.1) is 5.54 Å². The van der Waals surface area contributed by atoms with Crippen molar-refractivity contribution in [3.63, 3.8) is 0 Å². The standard InChI is InChI=1S/C47H61F2N5O4Si/c1-29(2)59(30(3)4,31(5)6)20-15-36-38(48)14-13-34-22-35(58-28-55-7)23-37(39(34)36)42-41(49)43-40(45(50-42)56-8)44(54-24-32-11-12-33(21-32)25-54)52-46(51-43)57-27-47(16-17-47)26-53-18-9-10-19-53/h13-14,22-23,29-33H,9-12,16-19,21,24-28H2,1-8H3. The van der Waals surface area contributed by atoms with Gasteiger partial charge in [0.2, 0.25) is 5.88 Å². The normalized spacial score (nSPS) is 20.3. The number of pyridine rings is 1. The number of fused-ring (bicyclic) bond motifs is 4. The highest BCUT2D eigenvalue weighted by atomic mass is 28.3. The van der Waals surface area contributed by atoms with Crippen molar-refractivity contribution in [3.8, 4) is 40.4 Å². The Morgan fingerprint density at radius 3 is 2.20 bits per heavy atom. The molecule has 0 spiro atoms. The Kier molecular flexibility index (Phi) is 11.8. The Bertz CT molecular complexity index is 2230. The third-order valence-electron chi connectivity index (χ3n) is 13.9. The molecule has 12 heteroatoms. The minimum atomic E-state index is -2.29. The lowest BCUT2D eigenvalue weighted by Gasteiger charge is -2.38. The maximum Gasteiger partial charge on any atom is 0.319 e. The van der Waals surface area contributed by atoms with Gasteiger partial charge in [-0.2, -0.15) is 9.97 Å². The molecule has 4 fully saturated rings. The Labute approximate surface area is 349 Å². The van der Waals surface area contributed by atoms with Gasteiger partial charge in [-0.25, -0.2) is 13.8 Å². The van der Waals surface area contributed by atoms with Gasteiger partial charge in [-0.3, -0.25) is 0 Å². The molecule has 0 amide bonds. The Hall–Kier alpha value is -4.05. The Balaban J connectivity index is 1.33. The van der Waals surface area contributed by atoms with E-state index in [1.807, 2.05) is 6.07 Å². The quantitative estimate of drug-likeness (QED) is 0.0701. The molecule has 0 radical (unpaired) electrons. The van der Waals surface area contributed by atoms with Crippen LogP contribution in [-0.2, 0) is 4.74 Å². The minimum Gasteiger partial charge on any atom is -0.480 e. The van der Waals surface area contributed by atoms with Gasteiger partial charge in [0.1, 0.15) is 42.1 Å². The number of piperidine rings is 1. The topological polar surface area (TPSA) is 82.1 Å². The lowest BCUT2D eigenvalue weighted by molar-refractivity contribution is 0.0512. The molecule has 2 aromatic heterocycles. The van der Waals surface area contributed by atoms with E-state index in [1.165, 1.54) is 52.4 Å². The van der Waals surface area contributed by atoms with E-state index in [1.54, 1.807) is 12.1 Å². The van der Waals surface area contributed by atoms with Crippen LogP contribution in [0.4, 0.5) is 14.6 Å². The van der Waals surface area contributed by atoms with E-state index in [0.29, 0.717) is 68.4 Å². The van der Waals surface area contributed by atoms with E-state index in [9.17, 15) is 0 Å². The number of aromatic nitrogens is 3. The summed E-state index contributed by atoms with van der Waals surface area (Å²) in [5.41, 5.74) is 5.30. The summed E-state index contributed by atoms with van der Waals surface area (Å²) in [4.78, 5) is 19.6. The SMILES string of the molecule is COCOc1cc(-c2nc(OC)c3c(N4CC5CCC(C5)C4)nc(OCC4(CN5CCCC5)CC4)nc3c2F)c2c(C#C[Si](C(C)C)(C(C)C)C(C)C)c(F)ccc2c1. The summed E-state index contributed by atoms with van der Waals surface area (Å²) < 4.78 is 58.0. The molecule has 2 unspecified atom stereocenters. The minimum absolute atomic E-state index is 0.0323. The summed E-state index contributed by atoms with van der Waals surface area (Å²) in [6.45, 7) is 18.7. The Morgan fingerprint density at radius 2 is 1.58 bits per heavy atom. The number of anilines is 1. The van der Waals surface area contributed by atoms with Crippen molar-refractivity contribution in [3.05, 3.63) is 41.5 Å². The van der Waals surface area contributed by atoms with Crippen molar-refractivity contribution in [1.29, 1.82) is 0 Å². The van der Waals surface area contributed by atoms with Crippen molar-refractivity contribution < 1.29 is 27.7 Å². The van der Waals surface area contributed by atoms with Gasteiger partial charge in [0, 0.05) is 43.1 Å². The van der Waals surface area contributed by atoms with Crippen LogP contribution in [-0.4, -0.2) is 88.3 Å². The van der Waals surface area contributed by atoms with Crippen LogP contribution in [0.5, 0.6) is 17.6 Å². The number of benzene rings is 2. The number of hydrogen-bond acceptors (Lipinski definition) is 9. The molecule has 9 nitrogen and oxygen atoms in total.